The Bertz CT molecular complexity index is 694. The highest BCUT2D eigenvalue weighted by Crippen LogP contribution is 2.58. The molecule has 3 fully saturated rings. The van der Waals surface area contributed by atoms with Crippen molar-refractivity contribution in [1.82, 2.24) is 10.2 Å². The molecular formula is C22H31N3O2. The quantitative estimate of drug-likeness (QED) is 0.860. The molecule has 2 N–H and O–H groups in total. The molecule has 27 heavy (non-hydrogen) atoms. The maximum atomic E-state index is 12.9. The van der Waals surface area contributed by atoms with Gasteiger partial charge in [0, 0.05) is 24.3 Å². The second-order valence-electron chi connectivity index (χ2n) is 8.71. The molecule has 0 spiro atoms. The number of anilines is 1. The molecule has 2 unspecified atom stereocenters. The number of fused-ring (bicyclic) bond motifs is 1. The number of amides is 2. The lowest BCUT2D eigenvalue weighted by molar-refractivity contribution is -0.122. The van der Waals surface area contributed by atoms with Gasteiger partial charge in [0.25, 0.3) is 5.91 Å². The summed E-state index contributed by atoms with van der Waals surface area (Å²) in [6.07, 6.45) is 6.40. The van der Waals surface area contributed by atoms with Gasteiger partial charge in [-0.05, 0) is 87.7 Å². The number of hydrogen-bond acceptors (Lipinski definition) is 3. The van der Waals surface area contributed by atoms with Crippen LogP contribution >= 0.6 is 0 Å². The van der Waals surface area contributed by atoms with Gasteiger partial charge >= 0.3 is 0 Å². The summed E-state index contributed by atoms with van der Waals surface area (Å²) in [6.45, 7) is 5.92. The van der Waals surface area contributed by atoms with Crippen LogP contribution in [0.5, 0.6) is 0 Å². The Morgan fingerprint density at radius 3 is 2.59 bits per heavy atom. The van der Waals surface area contributed by atoms with Crippen LogP contribution in [0.3, 0.4) is 0 Å². The first-order chi connectivity index (χ1) is 13.1. The Kier molecular flexibility index (Phi) is 5.22. The number of carbonyl (C=O) groups is 2. The molecule has 0 aromatic heterocycles. The highest BCUT2D eigenvalue weighted by atomic mass is 16.2. The Balaban J connectivity index is 1.36. The molecule has 1 aromatic rings. The summed E-state index contributed by atoms with van der Waals surface area (Å²) in [6, 6.07) is 7.43. The van der Waals surface area contributed by atoms with Gasteiger partial charge in [-0.2, -0.15) is 0 Å². The summed E-state index contributed by atoms with van der Waals surface area (Å²) in [5, 5.41) is 6.52. The Hall–Kier alpha value is -1.88. The SMILES string of the molecule is CC1CCN(C(=O)c2ccc(NC(=O)C34CCNCCCC3C4)cc2)CC1. The van der Waals surface area contributed by atoms with E-state index in [9.17, 15) is 9.59 Å². The van der Waals surface area contributed by atoms with Gasteiger partial charge in [0.2, 0.25) is 5.91 Å². The molecule has 3 aliphatic rings. The van der Waals surface area contributed by atoms with Gasteiger partial charge in [-0.15, -0.1) is 0 Å². The molecule has 2 saturated heterocycles. The van der Waals surface area contributed by atoms with Crippen LogP contribution in [0.2, 0.25) is 0 Å². The van der Waals surface area contributed by atoms with Crippen LogP contribution in [0.4, 0.5) is 5.69 Å². The molecule has 146 valence electrons. The van der Waals surface area contributed by atoms with Gasteiger partial charge in [0.1, 0.15) is 0 Å². The third-order valence-corrected chi connectivity index (χ3v) is 6.80. The van der Waals surface area contributed by atoms with E-state index in [-0.39, 0.29) is 17.2 Å². The van der Waals surface area contributed by atoms with Crippen molar-refractivity contribution in [3.05, 3.63) is 29.8 Å². The topological polar surface area (TPSA) is 61.4 Å². The van der Waals surface area contributed by atoms with Crippen LogP contribution in [-0.2, 0) is 4.79 Å². The van der Waals surface area contributed by atoms with E-state index in [1.807, 2.05) is 29.2 Å². The predicted octanol–water partition coefficient (Wildman–Crippen LogP) is 3.28. The first kappa shape index (κ1) is 18.5. The van der Waals surface area contributed by atoms with Crippen molar-refractivity contribution < 1.29 is 9.59 Å². The molecule has 1 aromatic carbocycles. The zero-order valence-corrected chi connectivity index (χ0v) is 16.3. The maximum absolute atomic E-state index is 12.9. The first-order valence-corrected chi connectivity index (χ1v) is 10.5. The van der Waals surface area contributed by atoms with E-state index in [1.54, 1.807) is 0 Å². The van der Waals surface area contributed by atoms with Crippen LogP contribution in [0.1, 0.15) is 55.8 Å². The number of benzene rings is 1. The van der Waals surface area contributed by atoms with Gasteiger partial charge in [0.05, 0.1) is 5.41 Å². The van der Waals surface area contributed by atoms with Gasteiger partial charge in [-0.3, -0.25) is 9.59 Å². The predicted molar refractivity (Wildman–Crippen MR) is 107 cm³/mol. The van der Waals surface area contributed by atoms with Gasteiger partial charge < -0.3 is 15.5 Å². The van der Waals surface area contributed by atoms with E-state index < -0.39 is 0 Å². The van der Waals surface area contributed by atoms with Crippen molar-refractivity contribution in [3.63, 3.8) is 0 Å². The third kappa shape index (κ3) is 3.88. The lowest BCUT2D eigenvalue weighted by atomic mass is 9.94. The van der Waals surface area contributed by atoms with E-state index >= 15 is 0 Å². The highest BCUT2D eigenvalue weighted by Gasteiger charge is 2.58. The standard InChI is InChI=1S/C22H31N3O2/c1-16-8-13-25(14-9-16)20(26)17-4-6-19(7-5-17)24-21(27)22-10-12-23-11-2-3-18(22)15-22/h4-7,16,18,23H,2-3,8-15H2,1H3,(H,24,27). The number of carbonyl (C=O) groups excluding carboxylic acids is 2. The number of piperidine rings is 1. The lowest BCUT2D eigenvalue weighted by Crippen LogP contribution is -2.37. The largest absolute Gasteiger partial charge is 0.339 e. The van der Waals surface area contributed by atoms with Gasteiger partial charge in [-0.1, -0.05) is 6.92 Å². The van der Waals surface area contributed by atoms with Crippen LogP contribution < -0.4 is 10.6 Å². The Labute approximate surface area is 161 Å². The second-order valence-corrected chi connectivity index (χ2v) is 8.71. The fourth-order valence-electron chi connectivity index (χ4n) is 4.71. The molecule has 2 amide bonds. The third-order valence-electron chi connectivity index (χ3n) is 6.80. The molecule has 4 rings (SSSR count). The molecule has 0 bridgehead atoms. The van der Waals surface area contributed by atoms with Crippen molar-refractivity contribution in [1.29, 1.82) is 0 Å². The fraction of sp³-hybridized carbons (Fsp3) is 0.636. The van der Waals surface area contributed by atoms with Crippen molar-refractivity contribution in [2.24, 2.45) is 17.3 Å². The summed E-state index contributed by atoms with van der Waals surface area (Å²) in [7, 11) is 0. The smallest absolute Gasteiger partial charge is 0.253 e. The van der Waals surface area contributed by atoms with Crippen LogP contribution in [0, 0.1) is 17.3 Å². The van der Waals surface area contributed by atoms with Crippen LogP contribution in [0.25, 0.3) is 0 Å². The molecule has 5 nitrogen and oxygen atoms in total. The zero-order chi connectivity index (χ0) is 18.9. The van der Waals surface area contributed by atoms with Crippen molar-refractivity contribution in [2.75, 3.05) is 31.5 Å². The molecule has 1 aliphatic carbocycles. The van der Waals surface area contributed by atoms with Crippen molar-refractivity contribution >= 4 is 17.5 Å². The van der Waals surface area contributed by atoms with Crippen molar-refractivity contribution in [2.45, 2.75) is 45.4 Å². The number of hydrogen-bond donors (Lipinski definition) is 2. The second kappa shape index (κ2) is 7.63. The maximum Gasteiger partial charge on any atom is 0.253 e. The Morgan fingerprint density at radius 2 is 1.85 bits per heavy atom. The molecule has 5 heteroatoms. The van der Waals surface area contributed by atoms with Gasteiger partial charge in [-0.25, -0.2) is 0 Å². The average Bonchev–Trinajstić information content (AvgIpc) is 3.35. The van der Waals surface area contributed by atoms with Crippen molar-refractivity contribution in [3.8, 4) is 0 Å². The number of likely N-dealkylation sites (tertiary alicyclic amines) is 1. The van der Waals surface area contributed by atoms with E-state index in [2.05, 4.69) is 17.6 Å². The van der Waals surface area contributed by atoms with E-state index in [1.165, 1.54) is 0 Å². The number of rotatable bonds is 3. The minimum Gasteiger partial charge on any atom is -0.339 e. The average molecular weight is 370 g/mol. The zero-order valence-electron chi connectivity index (χ0n) is 16.3. The molecular weight excluding hydrogens is 338 g/mol. The highest BCUT2D eigenvalue weighted by molar-refractivity contribution is 5.99. The summed E-state index contributed by atoms with van der Waals surface area (Å²) in [5.41, 5.74) is 1.32. The minimum absolute atomic E-state index is 0.103. The normalized spacial score (nSPS) is 28.6. The minimum atomic E-state index is -0.174. The molecule has 1 saturated carbocycles. The molecule has 2 aliphatic heterocycles. The fourth-order valence-corrected chi connectivity index (χ4v) is 4.71. The van der Waals surface area contributed by atoms with Gasteiger partial charge in [0.15, 0.2) is 0 Å². The summed E-state index contributed by atoms with van der Waals surface area (Å²) in [4.78, 5) is 27.5. The molecule has 2 heterocycles. The summed E-state index contributed by atoms with van der Waals surface area (Å²) < 4.78 is 0. The van der Waals surface area contributed by atoms with Crippen LogP contribution in [0.15, 0.2) is 24.3 Å². The van der Waals surface area contributed by atoms with Crippen LogP contribution in [-0.4, -0.2) is 42.9 Å². The van der Waals surface area contributed by atoms with E-state index in [0.717, 1.165) is 70.4 Å². The summed E-state index contributed by atoms with van der Waals surface area (Å²) in [5.74, 6) is 1.51. The Morgan fingerprint density at radius 1 is 1.11 bits per heavy atom. The molecule has 2 atom stereocenters. The van der Waals surface area contributed by atoms with E-state index in [0.29, 0.717) is 17.4 Å². The number of nitrogens with one attached hydrogen (secondary N) is 2. The number of nitrogens with zero attached hydrogens (tertiary/aromatic N) is 1. The van der Waals surface area contributed by atoms with E-state index in [4.69, 9.17) is 0 Å². The molecule has 0 radical (unpaired) electrons. The monoisotopic (exact) mass is 369 g/mol. The first-order valence-electron chi connectivity index (χ1n) is 10.5. The summed E-state index contributed by atoms with van der Waals surface area (Å²) >= 11 is 0. The lowest BCUT2D eigenvalue weighted by Gasteiger charge is -2.30.